The lowest BCUT2D eigenvalue weighted by Crippen LogP contribution is -2.10. The molecule has 0 bridgehead atoms. The van der Waals surface area contributed by atoms with Gasteiger partial charge in [-0.1, -0.05) is 48.5 Å². The summed E-state index contributed by atoms with van der Waals surface area (Å²) in [4.78, 5) is 3.19. The van der Waals surface area contributed by atoms with Crippen LogP contribution in [0.25, 0.3) is 15.7 Å². The highest BCUT2D eigenvalue weighted by Gasteiger charge is 2.26. The molecule has 3 rings (SSSR count). The Hall–Kier alpha value is -2.91. The molecule has 0 saturated heterocycles. The van der Waals surface area contributed by atoms with Gasteiger partial charge in [0, 0.05) is 10.9 Å². The van der Waals surface area contributed by atoms with Gasteiger partial charge in [-0.15, -0.1) is 0 Å². The van der Waals surface area contributed by atoms with Crippen molar-refractivity contribution in [1.29, 1.82) is 5.39 Å². The molecule has 0 aliphatic rings. The van der Waals surface area contributed by atoms with Crippen molar-refractivity contribution in [3.05, 3.63) is 71.2 Å². The fourth-order valence-electron chi connectivity index (χ4n) is 2.40. The number of rotatable bonds is 3. The Balaban J connectivity index is 2.13. The highest BCUT2D eigenvalue weighted by atomic mass is 32.2. The van der Waals surface area contributed by atoms with Crippen molar-refractivity contribution < 1.29 is 12.6 Å². The van der Waals surface area contributed by atoms with Crippen LogP contribution in [0.1, 0.15) is 5.56 Å². The Kier molecular flexibility index (Phi) is 3.72. The normalized spacial score (nSPS) is 11.1. The zero-order valence-electron chi connectivity index (χ0n) is 12.3. The summed E-state index contributed by atoms with van der Waals surface area (Å²) in [6, 6.07) is 16.9. The molecule has 0 spiro atoms. The lowest BCUT2D eigenvalue weighted by molar-refractivity contribution is 0.488. The second kappa shape index (κ2) is 5.71. The molecule has 0 aliphatic heterocycles. The van der Waals surface area contributed by atoms with E-state index in [0.717, 1.165) is 5.39 Å². The second-order valence-corrected chi connectivity index (χ2v) is 6.55. The fourth-order valence-corrected chi connectivity index (χ4v) is 3.57. The molecule has 0 aromatic heterocycles. The molecule has 0 unspecified atom stereocenters. The Morgan fingerprint density at radius 3 is 2.43 bits per heavy atom. The highest BCUT2D eigenvalue weighted by molar-refractivity contribution is 7.87. The number of aryl methyl sites for hydroxylation is 1. The van der Waals surface area contributed by atoms with Gasteiger partial charge in [-0.05, 0) is 24.4 Å². The summed E-state index contributed by atoms with van der Waals surface area (Å²) in [6.45, 7) is 1.70. The van der Waals surface area contributed by atoms with E-state index < -0.39 is 10.1 Å². The van der Waals surface area contributed by atoms with Gasteiger partial charge in [0.15, 0.2) is 4.98 Å². The predicted molar refractivity (Wildman–Crippen MR) is 87.7 cm³/mol. The molecule has 23 heavy (non-hydrogen) atoms. The van der Waals surface area contributed by atoms with Gasteiger partial charge < -0.3 is 4.18 Å². The molecule has 5 nitrogen and oxygen atoms in total. The largest absolute Gasteiger partial charge is 0.430 e. The lowest BCUT2D eigenvalue weighted by atomic mass is 10.1. The van der Waals surface area contributed by atoms with Gasteiger partial charge in [-0.2, -0.15) is 8.42 Å². The number of nitrogens with zero attached hydrogens (tertiary/aromatic N) is 2. The van der Waals surface area contributed by atoms with Crippen LogP contribution in [0, 0.1) is 12.3 Å². The molecular weight excluding hydrogens is 312 g/mol. The standard InChI is InChI=1S/C17H13N2O3S/c1-12-6-4-10-15(17(12)19-18)22-23(20,21)16-11-5-8-13-7-2-3-9-14(13)16/h2-11H,1H3/q+1. The smallest absolute Gasteiger partial charge is 0.370 e. The number of hydrogen-bond acceptors (Lipinski definition) is 4. The third-order valence-electron chi connectivity index (χ3n) is 3.52. The van der Waals surface area contributed by atoms with Gasteiger partial charge in [0.1, 0.15) is 4.90 Å². The van der Waals surface area contributed by atoms with Gasteiger partial charge in [0.25, 0.3) is 0 Å². The van der Waals surface area contributed by atoms with Crippen LogP contribution in [-0.4, -0.2) is 8.42 Å². The average molecular weight is 325 g/mol. The maximum absolute atomic E-state index is 12.6. The minimum Gasteiger partial charge on any atom is -0.370 e. The molecule has 114 valence electrons. The molecule has 3 aromatic rings. The number of hydrogen-bond donors (Lipinski definition) is 0. The maximum atomic E-state index is 12.6. The van der Waals surface area contributed by atoms with E-state index in [1.54, 1.807) is 37.3 Å². The predicted octanol–water partition coefficient (Wildman–Crippen LogP) is 4.40. The van der Waals surface area contributed by atoms with Gasteiger partial charge in [0.05, 0.1) is 0 Å². The molecule has 0 amide bonds. The van der Waals surface area contributed by atoms with E-state index in [9.17, 15) is 8.42 Å². The number of benzene rings is 3. The van der Waals surface area contributed by atoms with E-state index in [4.69, 9.17) is 9.58 Å². The summed E-state index contributed by atoms with van der Waals surface area (Å²) >= 11 is 0. The first kappa shape index (κ1) is 15.0. The Labute approximate surface area is 133 Å². The monoisotopic (exact) mass is 325 g/mol. The number of diazo groups is 1. The third kappa shape index (κ3) is 2.74. The summed E-state index contributed by atoms with van der Waals surface area (Å²) in [7, 11) is -4.06. The molecule has 3 aromatic carbocycles. The molecule has 0 heterocycles. The highest BCUT2D eigenvalue weighted by Crippen LogP contribution is 2.34. The van der Waals surface area contributed by atoms with Crippen LogP contribution in [0.5, 0.6) is 5.75 Å². The van der Waals surface area contributed by atoms with Crippen molar-refractivity contribution in [2.45, 2.75) is 11.8 Å². The summed E-state index contributed by atoms with van der Waals surface area (Å²) in [5, 5.41) is 10.5. The average Bonchev–Trinajstić information content (AvgIpc) is 2.54. The summed E-state index contributed by atoms with van der Waals surface area (Å²) in [5.41, 5.74) is 0.703. The van der Waals surface area contributed by atoms with Crippen LogP contribution in [-0.2, 0) is 10.1 Å². The lowest BCUT2D eigenvalue weighted by Gasteiger charge is -2.08. The van der Waals surface area contributed by atoms with Gasteiger partial charge in [-0.25, -0.2) is 0 Å². The zero-order valence-corrected chi connectivity index (χ0v) is 13.1. The first-order valence-corrected chi connectivity index (χ1v) is 8.31. The minimum atomic E-state index is -4.06. The van der Waals surface area contributed by atoms with Crippen LogP contribution in [0.4, 0.5) is 5.69 Å². The third-order valence-corrected chi connectivity index (χ3v) is 4.81. The molecule has 6 heteroatoms. The van der Waals surface area contributed by atoms with Crippen molar-refractivity contribution >= 4 is 26.6 Å². The van der Waals surface area contributed by atoms with Crippen molar-refractivity contribution in [2.24, 2.45) is 0 Å². The van der Waals surface area contributed by atoms with Crippen LogP contribution in [0.3, 0.4) is 0 Å². The van der Waals surface area contributed by atoms with E-state index in [1.165, 1.54) is 12.1 Å². The summed E-state index contributed by atoms with van der Waals surface area (Å²) in [5.74, 6) is -0.0135. The maximum Gasteiger partial charge on any atom is 0.430 e. The molecule has 0 N–H and O–H groups in total. The van der Waals surface area contributed by atoms with Crippen LogP contribution >= 0.6 is 0 Å². The molecule has 0 radical (unpaired) electrons. The SMILES string of the molecule is Cc1cccc(OS(=O)(=O)c2cccc3ccccc23)c1[N+]#N. The van der Waals surface area contributed by atoms with Gasteiger partial charge in [0.2, 0.25) is 11.1 Å². The van der Waals surface area contributed by atoms with Crippen molar-refractivity contribution in [2.75, 3.05) is 0 Å². The van der Waals surface area contributed by atoms with Crippen molar-refractivity contribution in [3.8, 4) is 5.75 Å². The quantitative estimate of drug-likeness (QED) is 0.528. The molecule has 0 atom stereocenters. The van der Waals surface area contributed by atoms with Gasteiger partial charge in [-0.3, -0.25) is 0 Å². The topological polar surface area (TPSA) is 71.5 Å². The van der Waals surface area contributed by atoms with E-state index in [0.29, 0.717) is 10.9 Å². The molecule has 0 saturated carbocycles. The van der Waals surface area contributed by atoms with E-state index in [-0.39, 0.29) is 16.3 Å². The van der Waals surface area contributed by atoms with E-state index >= 15 is 0 Å². The number of fused-ring (bicyclic) bond motifs is 1. The molecule has 0 fully saturated rings. The van der Waals surface area contributed by atoms with Crippen molar-refractivity contribution in [1.82, 2.24) is 0 Å². The van der Waals surface area contributed by atoms with Crippen LogP contribution in [0.2, 0.25) is 0 Å². The zero-order chi connectivity index (χ0) is 16.4. The molecular formula is C17H13N2O3S+. The fraction of sp³-hybridized carbons (Fsp3) is 0.0588. The van der Waals surface area contributed by atoms with E-state index in [2.05, 4.69) is 4.98 Å². The van der Waals surface area contributed by atoms with Gasteiger partial charge >= 0.3 is 15.8 Å². The van der Waals surface area contributed by atoms with Crippen LogP contribution < -0.4 is 4.18 Å². The first-order chi connectivity index (χ1) is 11.0. The Morgan fingerprint density at radius 1 is 0.957 bits per heavy atom. The van der Waals surface area contributed by atoms with E-state index in [1.807, 2.05) is 18.2 Å². The Morgan fingerprint density at radius 2 is 1.65 bits per heavy atom. The second-order valence-electron chi connectivity index (χ2n) is 5.04. The summed E-state index contributed by atoms with van der Waals surface area (Å²) in [6.07, 6.45) is 0. The first-order valence-electron chi connectivity index (χ1n) is 6.90. The van der Waals surface area contributed by atoms with Crippen molar-refractivity contribution in [3.63, 3.8) is 0 Å². The van der Waals surface area contributed by atoms with Crippen LogP contribution in [0.15, 0.2) is 65.6 Å². The minimum absolute atomic E-state index is 0.0135. The Bertz CT molecular complexity index is 1030. The summed E-state index contributed by atoms with van der Waals surface area (Å²) < 4.78 is 30.5. The molecule has 0 aliphatic carbocycles.